The van der Waals surface area contributed by atoms with Crippen molar-refractivity contribution in [1.29, 1.82) is 0 Å². The minimum atomic E-state index is -4.64. The third-order valence-electron chi connectivity index (χ3n) is 5.75. The standard InChI is InChI=1S/C26H21ClF3N3O3S/c1-15(25(34)22-13-19(27)9-10-31-22)21-12-18(17-5-4-6-20(11-17)37(3,35)36)7-8-23(21)33-14-24(26(28,29)30)32-16(33)2/h4-14,34H,1-3H3/b25-15+. The lowest BCUT2D eigenvalue weighted by molar-refractivity contribution is -0.141. The molecule has 0 saturated heterocycles. The van der Waals surface area contributed by atoms with E-state index in [1.54, 1.807) is 43.3 Å². The normalized spacial score (nSPS) is 12.9. The Kier molecular flexibility index (Phi) is 6.91. The first-order valence-electron chi connectivity index (χ1n) is 10.9. The lowest BCUT2D eigenvalue weighted by Crippen LogP contribution is -2.05. The highest BCUT2D eigenvalue weighted by molar-refractivity contribution is 7.90. The van der Waals surface area contributed by atoms with E-state index in [2.05, 4.69) is 9.97 Å². The zero-order valence-corrected chi connectivity index (χ0v) is 21.4. The summed E-state index contributed by atoms with van der Waals surface area (Å²) in [5.41, 5.74) is 1.31. The van der Waals surface area contributed by atoms with E-state index < -0.39 is 21.7 Å². The molecule has 6 nitrogen and oxygen atoms in total. The van der Waals surface area contributed by atoms with Crippen molar-refractivity contribution in [2.75, 3.05) is 6.26 Å². The lowest BCUT2D eigenvalue weighted by Gasteiger charge is -2.16. The van der Waals surface area contributed by atoms with Crippen LogP contribution >= 0.6 is 11.6 Å². The summed E-state index contributed by atoms with van der Waals surface area (Å²) in [6, 6.07) is 14.2. The van der Waals surface area contributed by atoms with Gasteiger partial charge in [0.05, 0.1) is 10.6 Å². The largest absolute Gasteiger partial charge is 0.505 e. The topological polar surface area (TPSA) is 85.1 Å². The number of alkyl halides is 3. The van der Waals surface area contributed by atoms with Crippen molar-refractivity contribution in [1.82, 2.24) is 14.5 Å². The van der Waals surface area contributed by atoms with E-state index in [0.717, 1.165) is 12.5 Å². The molecule has 0 aliphatic carbocycles. The Bertz CT molecular complexity index is 1640. The molecular weight excluding hydrogens is 527 g/mol. The van der Waals surface area contributed by atoms with E-state index in [1.165, 1.54) is 35.9 Å². The predicted octanol–water partition coefficient (Wildman–Crippen LogP) is 6.76. The number of sulfone groups is 1. The van der Waals surface area contributed by atoms with E-state index in [-0.39, 0.29) is 22.2 Å². The molecule has 0 radical (unpaired) electrons. The van der Waals surface area contributed by atoms with Gasteiger partial charge in [-0.15, -0.1) is 0 Å². The maximum atomic E-state index is 13.4. The lowest BCUT2D eigenvalue weighted by atomic mass is 9.96. The highest BCUT2D eigenvalue weighted by Crippen LogP contribution is 2.35. The number of hydrogen-bond donors (Lipinski definition) is 1. The highest BCUT2D eigenvalue weighted by atomic mass is 35.5. The number of benzene rings is 2. The number of allylic oxidation sites excluding steroid dienone is 1. The molecule has 192 valence electrons. The summed E-state index contributed by atoms with van der Waals surface area (Å²) < 4.78 is 65.5. The van der Waals surface area contributed by atoms with Gasteiger partial charge in [-0.1, -0.05) is 29.8 Å². The van der Waals surface area contributed by atoms with E-state index in [0.29, 0.717) is 33.0 Å². The van der Waals surface area contributed by atoms with Gasteiger partial charge >= 0.3 is 6.18 Å². The number of hydrogen-bond acceptors (Lipinski definition) is 5. The molecule has 0 spiro atoms. The van der Waals surface area contributed by atoms with Crippen LogP contribution in [0.5, 0.6) is 0 Å². The Morgan fingerprint density at radius 3 is 2.38 bits per heavy atom. The molecule has 0 aliphatic heterocycles. The molecule has 1 N–H and O–H groups in total. The summed E-state index contributed by atoms with van der Waals surface area (Å²) in [5.74, 6) is -0.131. The number of nitrogens with zero attached hydrogens (tertiary/aromatic N) is 3. The second-order valence-corrected chi connectivity index (χ2v) is 10.9. The fourth-order valence-corrected chi connectivity index (χ4v) is 4.67. The summed E-state index contributed by atoms with van der Waals surface area (Å²) in [5, 5.41) is 11.4. The van der Waals surface area contributed by atoms with Crippen LogP contribution in [-0.4, -0.2) is 34.3 Å². The zero-order valence-electron chi connectivity index (χ0n) is 19.9. The summed E-state index contributed by atoms with van der Waals surface area (Å²) in [7, 11) is -3.47. The molecule has 2 aromatic carbocycles. The van der Waals surface area contributed by atoms with Crippen molar-refractivity contribution in [3.63, 3.8) is 0 Å². The summed E-state index contributed by atoms with van der Waals surface area (Å²) in [4.78, 5) is 7.91. The van der Waals surface area contributed by atoms with E-state index in [4.69, 9.17) is 11.6 Å². The molecule has 11 heteroatoms. The molecule has 0 amide bonds. The van der Waals surface area contributed by atoms with Gasteiger partial charge in [0.15, 0.2) is 15.5 Å². The van der Waals surface area contributed by atoms with Gasteiger partial charge < -0.3 is 9.67 Å². The molecule has 0 saturated carbocycles. The first kappa shape index (κ1) is 26.4. The highest BCUT2D eigenvalue weighted by Gasteiger charge is 2.34. The van der Waals surface area contributed by atoms with Crippen LogP contribution < -0.4 is 0 Å². The van der Waals surface area contributed by atoms with Gasteiger partial charge in [0.1, 0.15) is 17.3 Å². The Hall–Kier alpha value is -3.63. The molecule has 4 rings (SSSR count). The zero-order chi connectivity index (χ0) is 27.1. The first-order chi connectivity index (χ1) is 17.3. The number of aliphatic hydroxyl groups is 1. The van der Waals surface area contributed by atoms with Gasteiger partial charge in [0.25, 0.3) is 0 Å². The van der Waals surface area contributed by atoms with E-state index in [9.17, 15) is 26.7 Å². The molecule has 0 aliphatic rings. The minimum absolute atomic E-state index is 0.0913. The van der Waals surface area contributed by atoms with Crippen LogP contribution in [0.4, 0.5) is 13.2 Å². The number of aryl methyl sites for hydroxylation is 1. The number of rotatable bonds is 5. The van der Waals surface area contributed by atoms with E-state index >= 15 is 0 Å². The Balaban J connectivity index is 1.97. The van der Waals surface area contributed by atoms with Crippen molar-refractivity contribution < 1.29 is 26.7 Å². The molecule has 0 unspecified atom stereocenters. The van der Waals surface area contributed by atoms with Crippen molar-refractivity contribution in [3.05, 3.63) is 94.8 Å². The maximum absolute atomic E-state index is 13.4. The van der Waals surface area contributed by atoms with E-state index in [1.807, 2.05) is 0 Å². The Morgan fingerprint density at radius 2 is 1.76 bits per heavy atom. The average Bonchev–Trinajstić information content (AvgIpc) is 3.24. The smallest absolute Gasteiger partial charge is 0.434 e. The van der Waals surface area contributed by atoms with Crippen LogP contribution in [0, 0.1) is 6.92 Å². The quantitative estimate of drug-likeness (QED) is 0.279. The van der Waals surface area contributed by atoms with Crippen molar-refractivity contribution in [2.45, 2.75) is 24.9 Å². The van der Waals surface area contributed by atoms with Crippen LogP contribution in [0.1, 0.15) is 29.7 Å². The average molecular weight is 548 g/mol. The molecule has 0 fully saturated rings. The fourth-order valence-electron chi connectivity index (χ4n) is 3.84. The van der Waals surface area contributed by atoms with Crippen molar-refractivity contribution >= 4 is 32.8 Å². The SMILES string of the molecule is C/C(=C(\O)c1cc(Cl)ccn1)c1cc(-c2cccc(S(C)(=O)=O)c2)ccc1-n1cc(C(F)(F)F)nc1C. The molecule has 2 aromatic heterocycles. The van der Waals surface area contributed by atoms with Crippen LogP contribution in [0.3, 0.4) is 0 Å². The monoisotopic (exact) mass is 547 g/mol. The van der Waals surface area contributed by atoms with Gasteiger partial charge in [0, 0.05) is 34.8 Å². The maximum Gasteiger partial charge on any atom is 0.434 e. The number of pyridine rings is 1. The summed E-state index contributed by atoms with van der Waals surface area (Å²) >= 11 is 6.05. The van der Waals surface area contributed by atoms with Gasteiger partial charge in [-0.3, -0.25) is 4.98 Å². The van der Waals surface area contributed by atoms with Crippen LogP contribution in [-0.2, 0) is 16.0 Å². The van der Waals surface area contributed by atoms with Gasteiger partial charge in [-0.05, 0) is 61.4 Å². The first-order valence-corrected chi connectivity index (χ1v) is 13.1. The van der Waals surface area contributed by atoms with Crippen LogP contribution in [0.25, 0.3) is 28.1 Å². The molecular formula is C26H21ClF3N3O3S. The summed E-state index contributed by atoms with van der Waals surface area (Å²) in [6.45, 7) is 3.05. The van der Waals surface area contributed by atoms with Gasteiger partial charge in [-0.25, -0.2) is 13.4 Å². The molecule has 2 heterocycles. The third-order valence-corrected chi connectivity index (χ3v) is 7.09. The second-order valence-electron chi connectivity index (χ2n) is 8.41. The Labute approximate surface area is 216 Å². The molecule has 0 atom stereocenters. The molecule has 0 bridgehead atoms. The Morgan fingerprint density at radius 1 is 1.05 bits per heavy atom. The van der Waals surface area contributed by atoms with Gasteiger partial charge in [-0.2, -0.15) is 13.2 Å². The fraction of sp³-hybridized carbons (Fsp3) is 0.154. The third kappa shape index (κ3) is 5.55. The second kappa shape index (κ2) is 9.68. The summed E-state index contributed by atoms with van der Waals surface area (Å²) in [6.07, 6.45) is -1.23. The predicted molar refractivity (Wildman–Crippen MR) is 136 cm³/mol. The number of aliphatic hydroxyl groups excluding tert-OH is 1. The minimum Gasteiger partial charge on any atom is -0.505 e. The van der Waals surface area contributed by atoms with Crippen LogP contribution in [0.15, 0.2) is 71.9 Å². The number of halogens is 4. The number of imidazole rings is 1. The molecule has 37 heavy (non-hydrogen) atoms. The molecule has 4 aromatic rings. The van der Waals surface area contributed by atoms with Crippen molar-refractivity contribution in [3.8, 4) is 16.8 Å². The van der Waals surface area contributed by atoms with Crippen LogP contribution in [0.2, 0.25) is 5.02 Å². The van der Waals surface area contributed by atoms with Crippen molar-refractivity contribution in [2.24, 2.45) is 0 Å². The number of aromatic nitrogens is 3. The van der Waals surface area contributed by atoms with Gasteiger partial charge in [0.2, 0.25) is 0 Å².